The molecule has 0 aromatic carbocycles. The summed E-state index contributed by atoms with van der Waals surface area (Å²) in [5.74, 6) is 1.31. The van der Waals surface area contributed by atoms with Crippen molar-refractivity contribution in [1.82, 2.24) is 20.6 Å². The Balaban J connectivity index is 1.88. The summed E-state index contributed by atoms with van der Waals surface area (Å²) >= 11 is 1.70. The lowest BCUT2D eigenvalue weighted by Crippen LogP contribution is -2.36. The number of methoxy groups -OCH3 is 1. The van der Waals surface area contributed by atoms with Crippen molar-refractivity contribution >= 4 is 17.3 Å². The molecule has 8 heteroatoms. The van der Waals surface area contributed by atoms with Crippen LogP contribution >= 0.6 is 11.3 Å². The monoisotopic (exact) mass is 363 g/mol. The number of thiazole rings is 1. The van der Waals surface area contributed by atoms with E-state index in [1.54, 1.807) is 31.7 Å². The summed E-state index contributed by atoms with van der Waals surface area (Å²) in [6.07, 6.45) is 1.71. The SMILES string of the molecule is CN=C(NCc1nc(C)c(C)s1)NCc1cccnc1OCCOC. The first-order valence-electron chi connectivity index (χ1n) is 8.07. The Morgan fingerprint density at radius 2 is 2.04 bits per heavy atom. The fourth-order valence-electron chi connectivity index (χ4n) is 2.08. The van der Waals surface area contributed by atoms with Gasteiger partial charge in [-0.25, -0.2) is 9.97 Å². The molecular weight excluding hydrogens is 338 g/mol. The predicted octanol–water partition coefficient (Wildman–Crippen LogP) is 2.05. The Kier molecular flexibility index (Phi) is 7.62. The lowest BCUT2D eigenvalue weighted by atomic mass is 10.2. The van der Waals surface area contributed by atoms with Gasteiger partial charge >= 0.3 is 0 Å². The molecule has 0 saturated carbocycles. The van der Waals surface area contributed by atoms with E-state index in [4.69, 9.17) is 9.47 Å². The number of ether oxygens (including phenoxy) is 2. The molecule has 136 valence electrons. The fraction of sp³-hybridized carbons (Fsp3) is 0.471. The van der Waals surface area contributed by atoms with Gasteiger partial charge in [-0.1, -0.05) is 6.07 Å². The van der Waals surface area contributed by atoms with Crippen molar-refractivity contribution in [3.05, 3.63) is 39.5 Å². The van der Waals surface area contributed by atoms with Crippen LogP contribution in [0.2, 0.25) is 0 Å². The zero-order chi connectivity index (χ0) is 18.1. The molecule has 0 atom stereocenters. The second-order valence-corrected chi connectivity index (χ2v) is 6.63. The summed E-state index contributed by atoms with van der Waals surface area (Å²) in [4.78, 5) is 14.3. The molecule has 25 heavy (non-hydrogen) atoms. The highest BCUT2D eigenvalue weighted by Gasteiger charge is 2.07. The second kappa shape index (κ2) is 9.95. The van der Waals surface area contributed by atoms with Gasteiger partial charge in [0.15, 0.2) is 5.96 Å². The van der Waals surface area contributed by atoms with Crippen molar-refractivity contribution in [2.75, 3.05) is 27.4 Å². The smallest absolute Gasteiger partial charge is 0.218 e. The van der Waals surface area contributed by atoms with E-state index >= 15 is 0 Å². The Hall–Kier alpha value is -2.19. The van der Waals surface area contributed by atoms with Crippen LogP contribution in [0, 0.1) is 13.8 Å². The van der Waals surface area contributed by atoms with Gasteiger partial charge in [-0.3, -0.25) is 4.99 Å². The highest BCUT2D eigenvalue weighted by molar-refractivity contribution is 7.11. The fourth-order valence-corrected chi connectivity index (χ4v) is 2.96. The van der Waals surface area contributed by atoms with E-state index in [9.17, 15) is 0 Å². The quantitative estimate of drug-likeness (QED) is 0.424. The molecule has 0 aliphatic rings. The molecule has 0 fully saturated rings. The average Bonchev–Trinajstić information content (AvgIpc) is 2.94. The molecule has 0 bridgehead atoms. The van der Waals surface area contributed by atoms with E-state index in [1.807, 2.05) is 19.1 Å². The Morgan fingerprint density at radius 1 is 1.24 bits per heavy atom. The minimum Gasteiger partial charge on any atom is -0.475 e. The maximum atomic E-state index is 5.64. The zero-order valence-corrected chi connectivity index (χ0v) is 15.9. The number of nitrogens with one attached hydrogen (secondary N) is 2. The van der Waals surface area contributed by atoms with Gasteiger partial charge in [-0.05, 0) is 19.9 Å². The molecule has 0 aliphatic heterocycles. The molecule has 0 spiro atoms. The van der Waals surface area contributed by atoms with Crippen LogP contribution in [0.5, 0.6) is 5.88 Å². The van der Waals surface area contributed by atoms with Crippen molar-refractivity contribution < 1.29 is 9.47 Å². The topological polar surface area (TPSA) is 80.7 Å². The molecule has 0 amide bonds. The third kappa shape index (κ3) is 5.99. The van der Waals surface area contributed by atoms with Gasteiger partial charge in [0.25, 0.3) is 0 Å². The van der Waals surface area contributed by atoms with Gasteiger partial charge < -0.3 is 20.1 Å². The van der Waals surface area contributed by atoms with Gasteiger partial charge in [0.05, 0.1) is 18.8 Å². The van der Waals surface area contributed by atoms with Crippen LogP contribution in [0.25, 0.3) is 0 Å². The average molecular weight is 363 g/mol. The summed E-state index contributed by atoms with van der Waals surface area (Å²) < 4.78 is 10.6. The highest BCUT2D eigenvalue weighted by atomic mass is 32.1. The van der Waals surface area contributed by atoms with Gasteiger partial charge in [0, 0.05) is 37.3 Å². The maximum absolute atomic E-state index is 5.64. The molecule has 0 unspecified atom stereocenters. The zero-order valence-electron chi connectivity index (χ0n) is 15.1. The molecule has 2 aromatic heterocycles. The normalized spacial score (nSPS) is 11.4. The largest absolute Gasteiger partial charge is 0.475 e. The van der Waals surface area contributed by atoms with Crippen molar-refractivity contribution in [2.24, 2.45) is 4.99 Å². The minimum atomic E-state index is 0.468. The van der Waals surface area contributed by atoms with E-state index in [-0.39, 0.29) is 0 Å². The van der Waals surface area contributed by atoms with Crippen molar-refractivity contribution in [1.29, 1.82) is 0 Å². The standard InChI is InChI=1S/C17H25N5O2S/c1-12-13(2)25-15(22-12)11-21-17(18-3)20-10-14-6-5-7-19-16(14)24-9-8-23-4/h5-7H,8-11H2,1-4H3,(H2,18,20,21). The predicted molar refractivity (Wildman–Crippen MR) is 100 cm³/mol. The van der Waals surface area contributed by atoms with Crippen molar-refractivity contribution in [3.63, 3.8) is 0 Å². The third-order valence-corrected chi connectivity index (χ3v) is 4.60. The number of guanidine groups is 1. The molecule has 2 rings (SSSR count). The van der Waals surface area contributed by atoms with Crippen LogP contribution in [0.3, 0.4) is 0 Å². The summed E-state index contributed by atoms with van der Waals surface area (Å²) in [6, 6.07) is 3.86. The van der Waals surface area contributed by atoms with Crippen LogP contribution in [-0.4, -0.2) is 43.3 Å². The molecule has 2 aromatic rings. The molecule has 7 nitrogen and oxygen atoms in total. The summed E-state index contributed by atoms with van der Waals surface area (Å²) in [5, 5.41) is 7.59. The van der Waals surface area contributed by atoms with E-state index in [1.165, 1.54) is 4.88 Å². The van der Waals surface area contributed by atoms with Crippen LogP contribution in [0.1, 0.15) is 21.1 Å². The lowest BCUT2D eigenvalue weighted by molar-refractivity contribution is 0.143. The van der Waals surface area contributed by atoms with Crippen LogP contribution < -0.4 is 15.4 Å². The number of pyridine rings is 1. The van der Waals surface area contributed by atoms with Gasteiger partial charge in [-0.2, -0.15) is 0 Å². The molecule has 2 N–H and O–H groups in total. The Labute approximate surface area is 152 Å². The summed E-state index contributed by atoms with van der Waals surface area (Å²) in [7, 11) is 3.39. The maximum Gasteiger partial charge on any atom is 0.218 e. The number of aromatic nitrogens is 2. The van der Waals surface area contributed by atoms with Crippen molar-refractivity contribution in [2.45, 2.75) is 26.9 Å². The Bertz CT molecular complexity index is 683. The van der Waals surface area contributed by atoms with Crippen LogP contribution in [-0.2, 0) is 17.8 Å². The first kappa shape index (κ1) is 19.1. The molecular formula is C17H25N5O2S. The number of rotatable bonds is 8. The summed E-state index contributed by atoms with van der Waals surface area (Å²) in [6.45, 7) is 6.30. The Morgan fingerprint density at radius 3 is 2.72 bits per heavy atom. The lowest BCUT2D eigenvalue weighted by Gasteiger charge is -2.13. The molecule has 0 saturated heterocycles. The van der Waals surface area contributed by atoms with E-state index in [2.05, 4.69) is 32.5 Å². The van der Waals surface area contributed by atoms with Gasteiger partial charge in [-0.15, -0.1) is 11.3 Å². The van der Waals surface area contributed by atoms with Crippen molar-refractivity contribution in [3.8, 4) is 5.88 Å². The molecule has 0 aliphatic carbocycles. The van der Waals surface area contributed by atoms with E-state index < -0.39 is 0 Å². The van der Waals surface area contributed by atoms with Crippen LogP contribution in [0.4, 0.5) is 0 Å². The van der Waals surface area contributed by atoms with E-state index in [0.29, 0.717) is 38.1 Å². The number of aliphatic imine (C=N–C) groups is 1. The number of nitrogens with zero attached hydrogens (tertiary/aromatic N) is 3. The second-order valence-electron chi connectivity index (χ2n) is 5.34. The highest BCUT2D eigenvalue weighted by Crippen LogP contribution is 2.16. The van der Waals surface area contributed by atoms with E-state index in [0.717, 1.165) is 16.3 Å². The number of hydrogen-bond acceptors (Lipinski definition) is 6. The van der Waals surface area contributed by atoms with Gasteiger partial charge in [0.2, 0.25) is 5.88 Å². The van der Waals surface area contributed by atoms with Crippen LogP contribution in [0.15, 0.2) is 23.3 Å². The summed E-state index contributed by atoms with van der Waals surface area (Å²) in [5.41, 5.74) is 2.04. The first-order chi connectivity index (χ1) is 12.1. The molecule has 0 radical (unpaired) electrons. The number of hydrogen-bond donors (Lipinski definition) is 2. The third-order valence-electron chi connectivity index (χ3n) is 3.53. The first-order valence-corrected chi connectivity index (χ1v) is 8.88. The number of aryl methyl sites for hydroxylation is 2. The molecule has 2 heterocycles. The van der Waals surface area contributed by atoms with Gasteiger partial charge in [0.1, 0.15) is 11.6 Å². The minimum absolute atomic E-state index is 0.468.